The fourth-order valence-electron chi connectivity index (χ4n) is 3.53. The monoisotopic (exact) mass is 318 g/mol. The van der Waals surface area contributed by atoms with Crippen molar-refractivity contribution in [1.29, 1.82) is 0 Å². The van der Waals surface area contributed by atoms with Crippen molar-refractivity contribution in [2.75, 3.05) is 26.3 Å². The van der Waals surface area contributed by atoms with Crippen LogP contribution in [0.5, 0.6) is 0 Å². The quantitative estimate of drug-likeness (QED) is 0.854. The lowest BCUT2D eigenvalue weighted by Gasteiger charge is -2.36. The van der Waals surface area contributed by atoms with Gasteiger partial charge in [0.25, 0.3) is 10.2 Å². The van der Waals surface area contributed by atoms with Crippen LogP contribution in [-0.4, -0.2) is 50.9 Å². The molecule has 0 aromatic carbocycles. The fraction of sp³-hybridized carbons (Fsp3) is 1.00. The van der Waals surface area contributed by atoms with Crippen molar-refractivity contribution >= 4 is 10.2 Å². The standard InChI is InChI=1S/C14H26N2O4S/c17-21(18,16-9-3-1-2-4-10-16)15-13-5-7-14(8-6-13)19-11-12-20-14/h13,15H,1-12H2. The Labute approximate surface area is 127 Å². The molecule has 1 saturated carbocycles. The van der Waals surface area contributed by atoms with Gasteiger partial charge in [-0.25, -0.2) is 0 Å². The summed E-state index contributed by atoms with van der Waals surface area (Å²) in [5.74, 6) is -0.426. The molecule has 6 nitrogen and oxygen atoms in total. The van der Waals surface area contributed by atoms with Gasteiger partial charge in [-0.3, -0.25) is 0 Å². The van der Waals surface area contributed by atoms with Crippen molar-refractivity contribution in [2.45, 2.75) is 63.2 Å². The first kappa shape index (κ1) is 15.7. The van der Waals surface area contributed by atoms with E-state index in [1.54, 1.807) is 4.31 Å². The van der Waals surface area contributed by atoms with E-state index in [-0.39, 0.29) is 6.04 Å². The Hall–Kier alpha value is -0.210. The number of nitrogens with one attached hydrogen (secondary N) is 1. The van der Waals surface area contributed by atoms with Gasteiger partial charge in [0.1, 0.15) is 0 Å². The lowest BCUT2D eigenvalue weighted by Crippen LogP contribution is -2.49. The maximum atomic E-state index is 12.5. The predicted molar refractivity (Wildman–Crippen MR) is 79.0 cm³/mol. The Morgan fingerprint density at radius 1 is 0.952 bits per heavy atom. The van der Waals surface area contributed by atoms with Gasteiger partial charge in [0.15, 0.2) is 5.79 Å². The predicted octanol–water partition coefficient (Wildman–Crippen LogP) is 1.38. The van der Waals surface area contributed by atoms with Crippen LogP contribution in [-0.2, 0) is 19.7 Å². The van der Waals surface area contributed by atoms with E-state index in [2.05, 4.69) is 4.72 Å². The largest absolute Gasteiger partial charge is 0.348 e. The van der Waals surface area contributed by atoms with E-state index >= 15 is 0 Å². The topological polar surface area (TPSA) is 67.9 Å². The third-order valence-electron chi connectivity index (χ3n) is 4.78. The lowest BCUT2D eigenvalue weighted by molar-refractivity contribution is -0.178. The van der Waals surface area contributed by atoms with Crippen LogP contribution >= 0.6 is 0 Å². The molecule has 3 aliphatic rings. The molecule has 3 rings (SSSR count). The van der Waals surface area contributed by atoms with Gasteiger partial charge in [0.2, 0.25) is 0 Å². The van der Waals surface area contributed by atoms with Crippen LogP contribution in [0.15, 0.2) is 0 Å². The number of nitrogens with zero attached hydrogens (tertiary/aromatic N) is 1. The highest BCUT2D eigenvalue weighted by Gasteiger charge is 2.41. The molecule has 0 aromatic heterocycles. The van der Waals surface area contributed by atoms with E-state index in [0.717, 1.165) is 51.4 Å². The Bertz CT molecular complexity index is 430. The summed E-state index contributed by atoms with van der Waals surface area (Å²) in [5.41, 5.74) is 0. The molecule has 0 amide bonds. The smallest absolute Gasteiger partial charge is 0.279 e. The Kier molecular flexibility index (Phi) is 4.85. The summed E-state index contributed by atoms with van der Waals surface area (Å²) in [6, 6.07) is 0.0108. The third-order valence-corrected chi connectivity index (χ3v) is 6.46. The minimum Gasteiger partial charge on any atom is -0.348 e. The molecule has 2 saturated heterocycles. The highest BCUT2D eigenvalue weighted by molar-refractivity contribution is 7.87. The Morgan fingerprint density at radius 2 is 1.52 bits per heavy atom. The minimum atomic E-state index is -3.34. The van der Waals surface area contributed by atoms with Crippen LogP contribution in [0, 0.1) is 0 Å². The van der Waals surface area contributed by atoms with E-state index in [4.69, 9.17) is 9.47 Å². The number of hydrogen-bond donors (Lipinski definition) is 1. The number of rotatable bonds is 3. The van der Waals surface area contributed by atoms with Crippen LogP contribution in [0.2, 0.25) is 0 Å². The maximum absolute atomic E-state index is 12.5. The van der Waals surface area contributed by atoms with Gasteiger partial charge < -0.3 is 9.47 Å². The van der Waals surface area contributed by atoms with Crippen molar-refractivity contribution < 1.29 is 17.9 Å². The molecule has 7 heteroatoms. The molecular formula is C14H26N2O4S. The second kappa shape index (κ2) is 6.50. The third kappa shape index (κ3) is 3.76. The molecule has 0 unspecified atom stereocenters. The molecule has 0 radical (unpaired) electrons. The Morgan fingerprint density at radius 3 is 2.10 bits per heavy atom. The number of ether oxygens (including phenoxy) is 2. The summed E-state index contributed by atoms with van der Waals surface area (Å²) in [6.45, 7) is 2.62. The van der Waals surface area contributed by atoms with Crippen molar-refractivity contribution in [3.63, 3.8) is 0 Å². The van der Waals surface area contributed by atoms with E-state index < -0.39 is 16.0 Å². The van der Waals surface area contributed by atoms with E-state index in [1.165, 1.54) is 0 Å². The van der Waals surface area contributed by atoms with Crippen molar-refractivity contribution in [2.24, 2.45) is 0 Å². The average molecular weight is 318 g/mol. The molecule has 21 heavy (non-hydrogen) atoms. The molecule has 0 atom stereocenters. The molecule has 1 aliphatic carbocycles. The minimum absolute atomic E-state index is 0.0108. The summed E-state index contributed by atoms with van der Waals surface area (Å²) < 4.78 is 40.8. The van der Waals surface area contributed by atoms with Gasteiger partial charge in [0, 0.05) is 32.0 Å². The highest BCUT2D eigenvalue weighted by atomic mass is 32.2. The first-order valence-corrected chi connectivity index (χ1v) is 9.59. The van der Waals surface area contributed by atoms with Gasteiger partial charge in [0.05, 0.1) is 13.2 Å². The number of hydrogen-bond acceptors (Lipinski definition) is 4. The first-order valence-electron chi connectivity index (χ1n) is 8.15. The average Bonchev–Trinajstić information content (AvgIpc) is 2.74. The first-order chi connectivity index (χ1) is 10.1. The second-order valence-corrected chi connectivity index (χ2v) is 8.02. The fourth-order valence-corrected chi connectivity index (χ4v) is 5.07. The van der Waals surface area contributed by atoms with Gasteiger partial charge in [-0.15, -0.1) is 0 Å². The maximum Gasteiger partial charge on any atom is 0.279 e. The summed E-state index contributed by atoms with van der Waals surface area (Å²) in [6.07, 6.45) is 7.33. The van der Waals surface area contributed by atoms with Gasteiger partial charge >= 0.3 is 0 Å². The van der Waals surface area contributed by atoms with Gasteiger partial charge in [-0.2, -0.15) is 17.4 Å². The summed E-state index contributed by atoms with van der Waals surface area (Å²) >= 11 is 0. The van der Waals surface area contributed by atoms with Crippen molar-refractivity contribution in [3.05, 3.63) is 0 Å². The van der Waals surface area contributed by atoms with Crippen LogP contribution in [0.1, 0.15) is 51.4 Å². The van der Waals surface area contributed by atoms with Crippen LogP contribution in [0.4, 0.5) is 0 Å². The Balaban J connectivity index is 1.53. The zero-order chi connectivity index (χ0) is 14.8. The molecule has 122 valence electrons. The molecule has 2 aliphatic heterocycles. The van der Waals surface area contributed by atoms with E-state index in [1.807, 2.05) is 0 Å². The molecule has 2 heterocycles. The molecule has 1 N–H and O–H groups in total. The van der Waals surface area contributed by atoms with E-state index in [9.17, 15) is 8.42 Å². The van der Waals surface area contributed by atoms with Gasteiger partial charge in [-0.05, 0) is 25.7 Å². The summed E-state index contributed by atoms with van der Waals surface area (Å²) in [4.78, 5) is 0. The molecule has 3 fully saturated rings. The second-order valence-electron chi connectivity index (χ2n) is 6.32. The van der Waals surface area contributed by atoms with Crippen LogP contribution < -0.4 is 4.72 Å². The van der Waals surface area contributed by atoms with E-state index in [0.29, 0.717) is 26.3 Å². The SMILES string of the molecule is O=S(=O)(NC1CCC2(CC1)OCCO2)N1CCCCCC1. The zero-order valence-corrected chi connectivity index (χ0v) is 13.4. The summed E-state index contributed by atoms with van der Waals surface area (Å²) in [7, 11) is -3.34. The normalized spacial score (nSPS) is 28.8. The molecule has 0 aromatic rings. The van der Waals surface area contributed by atoms with Crippen molar-refractivity contribution in [3.8, 4) is 0 Å². The van der Waals surface area contributed by atoms with Gasteiger partial charge in [-0.1, -0.05) is 12.8 Å². The molecule has 1 spiro atoms. The van der Waals surface area contributed by atoms with Crippen LogP contribution in [0.25, 0.3) is 0 Å². The molecular weight excluding hydrogens is 292 g/mol. The molecule has 0 bridgehead atoms. The van der Waals surface area contributed by atoms with Crippen molar-refractivity contribution in [1.82, 2.24) is 9.03 Å². The summed E-state index contributed by atoms with van der Waals surface area (Å²) in [5, 5.41) is 0. The zero-order valence-electron chi connectivity index (χ0n) is 12.6. The highest BCUT2D eigenvalue weighted by Crippen LogP contribution is 2.36. The lowest BCUT2D eigenvalue weighted by atomic mass is 9.91. The van der Waals surface area contributed by atoms with Crippen LogP contribution in [0.3, 0.4) is 0 Å².